The Morgan fingerprint density at radius 1 is 1.00 bits per heavy atom. The number of para-hydroxylation sites is 2. The van der Waals surface area contributed by atoms with Gasteiger partial charge in [-0.15, -0.1) is 0 Å². The van der Waals surface area contributed by atoms with E-state index < -0.39 is 16.9 Å². The van der Waals surface area contributed by atoms with Crippen LogP contribution in [0.25, 0.3) is 0 Å². The van der Waals surface area contributed by atoms with Crippen molar-refractivity contribution < 1.29 is 14.5 Å². The number of carbonyl (C=O) groups excluding carboxylic acids is 2. The third-order valence-corrected chi connectivity index (χ3v) is 7.88. The molecular formula is C33H35N3O4. The van der Waals surface area contributed by atoms with Crippen LogP contribution in [0.15, 0.2) is 84.6 Å². The number of hydrogen-bond donors (Lipinski definition) is 1. The van der Waals surface area contributed by atoms with E-state index in [0.717, 1.165) is 11.3 Å². The number of nitro groups is 1. The lowest BCUT2D eigenvalue weighted by atomic mass is 9.75. The van der Waals surface area contributed by atoms with E-state index in [1.165, 1.54) is 17.7 Å². The van der Waals surface area contributed by atoms with Crippen LogP contribution in [-0.2, 0) is 15.0 Å². The molecule has 0 aromatic heterocycles. The number of carbonyl (C=O) groups is 2. The Kier molecular flexibility index (Phi) is 7.08. The van der Waals surface area contributed by atoms with E-state index in [-0.39, 0.29) is 41.0 Å². The van der Waals surface area contributed by atoms with Gasteiger partial charge in [-0.25, -0.2) is 0 Å². The van der Waals surface area contributed by atoms with Crippen molar-refractivity contribution in [2.24, 2.45) is 11.8 Å². The van der Waals surface area contributed by atoms with E-state index in [4.69, 9.17) is 0 Å². The molecule has 206 valence electrons. The Hall–Kier alpha value is -4.26. The van der Waals surface area contributed by atoms with Crippen LogP contribution in [0.3, 0.4) is 0 Å². The number of fused-ring (bicyclic) bond motifs is 2. The summed E-state index contributed by atoms with van der Waals surface area (Å²) in [7, 11) is 0. The van der Waals surface area contributed by atoms with Gasteiger partial charge in [0.15, 0.2) is 0 Å². The average molecular weight is 538 g/mol. The highest BCUT2D eigenvalue weighted by atomic mass is 16.6. The van der Waals surface area contributed by atoms with E-state index in [0.29, 0.717) is 16.9 Å². The lowest BCUT2D eigenvalue weighted by Gasteiger charge is -2.38. The minimum Gasteiger partial charge on any atom is -0.357 e. The maximum atomic E-state index is 14.1. The topological polar surface area (TPSA) is 92.6 Å². The number of anilines is 2. The zero-order chi connectivity index (χ0) is 28.8. The van der Waals surface area contributed by atoms with Crippen LogP contribution in [-0.4, -0.2) is 16.6 Å². The molecule has 0 unspecified atom stereocenters. The summed E-state index contributed by atoms with van der Waals surface area (Å²) in [6.45, 7) is 10.2. The van der Waals surface area contributed by atoms with Crippen molar-refractivity contribution in [3.8, 4) is 0 Å². The highest BCUT2D eigenvalue weighted by Crippen LogP contribution is 2.48. The number of allylic oxidation sites excluding steroid dienone is 1. The third kappa shape index (κ3) is 5.04. The second kappa shape index (κ2) is 10.4. The number of nitrogens with one attached hydrogen (secondary N) is 1. The standard InChI is InChI=1S/C33H35N3O4/c1-20(2)32(38)35-28-12-7-6-11-26(28)34-27-18-23(21-13-15-24(16-14-21)33(3,4)5)19-29(37)30(27)31(35)22-9-8-10-25(17-22)36(39)40/h6-18,20,23,30-31,34H,19H2,1-5H3/t23-,30+,31-/m1/s1. The molecule has 5 rings (SSSR count). The minimum atomic E-state index is -0.742. The Morgan fingerprint density at radius 2 is 1.70 bits per heavy atom. The van der Waals surface area contributed by atoms with Gasteiger partial charge in [0.1, 0.15) is 5.78 Å². The number of non-ortho nitro benzene ring substituents is 1. The second-order valence-electron chi connectivity index (χ2n) is 12.1. The van der Waals surface area contributed by atoms with Crippen LogP contribution in [0.2, 0.25) is 0 Å². The first-order valence-electron chi connectivity index (χ1n) is 13.7. The number of nitrogens with zero attached hydrogens (tertiary/aromatic N) is 2. The SMILES string of the molecule is CC(C)C(=O)N1c2ccccc2NC2=C[C@@H](c3ccc(C(C)(C)C)cc3)CC(=O)[C@H]2[C@H]1c1cccc([N+](=O)[O-])c1. The van der Waals surface area contributed by atoms with Crippen molar-refractivity contribution in [1.82, 2.24) is 0 Å². The van der Waals surface area contributed by atoms with Gasteiger partial charge in [0, 0.05) is 36.1 Å². The van der Waals surface area contributed by atoms with Crippen molar-refractivity contribution in [1.29, 1.82) is 0 Å². The summed E-state index contributed by atoms with van der Waals surface area (Å²) < 4.78 is 0. The summed E-state index contributed by atoms with van der Waals surface area (Å²) in [6, 6.07) is 21.5. The van der Waals surface area contributed by atoms with Crippen LogP contribution >= 0.6 is 0 Å². The largest absolute Gasteiger partial charge is 0.357 e. The smallest absolute Gasteiger partial charge is 0.269 e. The third-order valence-electron chi connectivity index (χ3n) is 7.88. The van der Waals surface area contributed by atoms with Gasteiger partial charge in [0.25, 0.3) is 5.69 Å². The van der Waals surface area contributed by atoms with Crippen molar-refractivity contribution >= 4 is 28.8 Å². The minimum absolute atomic E-state index is 0.0132. The molecule has 1 aliphatic carbocycles. The molecule has 0 saturated heterocycles. The van der Waals surface area contributed by atoms with Crippen molar-refractivity contribution in [3.05, 3.63) is 111 Å². The lowest BCUT2D eigenvalue weighted by molar-refractivity contribution is -0.384. The van der Waals surface area contributed by atoms with Gasteiger partial charge < -0.3 is 10.2 Å². The quantitative estimate of drug-likeness (QED) is 0.278. The summed E-state index contributed by atoms with van der Waals surface area (Å²) in [6.07, 6.45) is 2.37. The van der Waals surface area contributed by atoms with Gasteiger partial charge in [-0.1, -0.05) is 89.2 Å². The summed E-state index contributed by atoms with van der Waals surface area (Å²) in [4.78, 5) is 40.9. The van der Waals surface area contributed by atoms with E-state index in [2.05, 4.69) is 56.4 Å². The number of hydrogen-bond acceptors (Lipinski definition) is 5. The Labute approximate surface area is 235 Å². The highest BCUT2D eigenvalue weighted by Gasteiger charge is 2.45. The van der Waals surface area contributed by atoms with E-state index in [9.17, 15) is 19.7 Å². The molecule has 1 aliphatic heterocycles. The van der Waals surface area contributed by atoms with Gasteiger partial charge >= 0.3 is 0 Å². The Bertz CT molecular complexity index is 1500. The molecule has 3 atom stereocenters. The Morgan fingerprint density at radius 3 is 2.35 bits per heavy atom. The van der Waals surface area contributed by atoms with E-state index in [1.807, 2.05) is 38.1 Å². The number of Topliss-reactive ketones (excluding diaryl/α,β-unsaturated/α-hetero) is 1. The summed E-state index contributed by atoms with van der Waals surface area (Å²) in [5, 5.41) is 15.2. The average Bonchev–Trinajstić information content (AvgIpc) is 3.07. The molecular weight excluding hydrogens is 502 g/mol. The van der Waals surface area contributed by atoms with Crippen LogP contribution in [0.4, 0.5) is 17.1 Å². The lowest BCUT2D eigenvalue weighted by Crippen LogP contribution is -2.44. The number of ketones is 1. The summed E-state index contributed by atoms with van der Waals surface area (Å²) in [5.74, 6) is -1.36. The molecule has 3 aromatic rings. The summed E-state index contributed by atoms with van der Waals surface area (Å²) >= 11 is 0. The number of benzene rings is 3. The zero-order valence-corrected chi connectivity index (χ0v) is 23.5. The molecule has 3 aromatic carbocycles. The predicted octanol–water partition coefficient (Wildman–Crippen LogP) is 7.30. The van der Waals surface area contributed by atoms with E-state index >= 15 is 0 Å². The molecule has 0 bridgehead atoms. The van der Waals surface area contributed by atoms with Gasteiger partial charge in [-0.05, 0) is 34.2 Å². The first-order chi connectivity index (χ1) is 19.0. The van der Waals surface area contributed by atoms with Crippen LogP contribution in [0.1, 0.15) is 69.7 Å². The summed E-state index contributed by atoms with van der Waals surface area (Å²) in [5.41, 5.74) is 4.85. The fourth-order valence-corrected chi connectivity index (χ4v) is 5.75. The normalized spacial score (nSPS) is 20.6. The van der Waals surface area contributed by atoms with Crippen molar-refractivity contribution in [2.75, 3.05) is 10.2 Å². The molecule has 0 spiro atoms. The molecule has 0 saturated carbocycles. The molecule has 1 amide bonds. The highest BCUT2D eigenvalue weighted by molar-refractivity contribution is 6.02. The fourth-order valence-electron chi connectivity index (χ4n) is 5.75. The Balaban J connectivity index is 1.69. The molecule has 40 heavy (non-hydrogen) atoms. The number of rotatable bonds is 4. The van der Waals surface area contributed by atoms with Crippen molar-refractivity contribution in [2.45, 2.75) is 58.4 Å². The maximum Gasteiger partial charge on any atom is 0.269 e. The number of amides is 1. The number of nitro benzene ring substituents is 1. The van der Waals surface area contributed by atoms with Crippen LogP contribution < -0.4 is 10.2 Å². The zero-order valence-electron chi connectivity index (χ0n) is 23.5. The molecule has 2 aliphatic rings. The molecule has 0 radical (unpaired) electrons. The van der Waals surface area contributed by atoms with E-state index in [1.54, 1.807) is 17.0 Å². The fraction of sp³-hybridized carbons (Fsp3) is 0.333. The predicted molar refractivity (Wildman–Crippen MR) is 157 cm³/mol. The van der Waals surface area contributed by atoms with Gasteiger partial charge in [0.2, 0.25) is 5.91 Å². The van der Waals surface area contributed by atoms with Gasteiger partial charge in [-0.2, -0.15) is 0 Å². The van der Waals surface area contributed by atoms with Crippen LogP contribution in [0.5, 0.6) is 0 Å². The first-order valence-corrected chi connectivity index (χ1v) is 13.7. The van der Waals surface area contributed by atoms with Crippen LogP contribution in [0, 0.1) is 22.0 Å². The monoisotopic (exact) mass is 537 g/mol. The molecule has 7 nitrogen and oxygen atoms in total. The second-order valence-corrected chi connectivity index (χ2v) is 12.1. The van der Waals surface area contributed by atoms with Gasteiger partial charge in [0.05, 0.1) is 28.3 Å². The maximum absolute atomic E-state index is 14.1. The molecule has 1 N–H and O–H groups in total. The first kappa shape index (κ1) is 27.3. The molecule has 0 fully saturated rings. The van der Waals surface area contributed by atoms with Gasteiger partial charge in [-0.3, -0.25) is 19.7 Å². The molecule has 1 heterocycles. The molecule has 7 heteroatoms. The van der Waals surface area contributed by atoms with Crippen molar-refractivity contribution in [3.63, 3.8) is 0 Å².